The quantitative estimate of drug-likeness (QED) is 0.467. The number of halogens is 2. The number of carbonyl (C=O) groups excluding carboxylic acids is 1. The van der Waals surface area contributed by atoms with Gasteiger partial charge in [0.05, 0.1) is 21.3 Å². The number of nitrogens with zero attached hydrogens (tertiary/aromatic N) is 2. The molecular formula is C30H39F2N3O4. The van der Waals surface area contributed by atoms with Crippen molar-refractivity contribution in [1.29, 1.82) is 0 Å². The topological polar surface area (TPSA) is 63.3 Å². The van der Waals surface area contributed by atoms with Gasteiger partial charge in [0.25, 0.3) is 5.91 Å². The second-order valence-electron chi connectivity index (χ2n) is 10.3. The molecule has 2 aliphatic heterocycles. The van der Waals surface area contributed by atoms with Crippen LogP contribution in [0, 0.1) is 11.6 Å². The molecule has 2 fully saturated rings. The van der Waals surface area contributed by atoms with Crippen molar-refractivity contribution in [1.82, 2.24) is 15.1 Å². The van der Waals surface area contributed by atoms with Crippen molar-refractivity contribution >= 4 is 12.0 Å². The van der Waals surface area contributed by atoms with Crippen molar-refractivity contribution < 1.29 is 27.8 Å². The van der Waals surface area contributed by atoms with Crippen molar-refractivity contribution in [3.63, 3.8) is 0 Å². The number of hydrogen-bond donors (Lipinski definition) is 1. The Morgan fingerprint density at radius 2 is 1.74 bits per heavy atom. The summed E-state index contributed by atoms with van der Waals surface area (Å²) in [6, 6.07) is 7.57. The first-order chi connectivity index (χ1) is 18.8. The second-order valence-corrected chi connectivity index (χ2v) is 10.3. The SMILES string of the molecule is COc1cc(C(=O)N(CC(C)=Cc2ccc(F)cc2F)C[C@H]2CCCN2C2CCNCC2)cc(OC)c1OC. The average Bonchev–Trinajstić information content (AvgIpc) is 3.41. The van der Waals surface area contributed by atoms with Gasteiger partial charge in [0, 0.05) is 42.4 Å². The van der Waals surface area contributed by atoms with Crippen molar-refractivity contribution in [2.24, 2.45) is 0 Å². The van der Waals surface area contributed by atoms with Gasteiger partial charge in [-0.1, -0.05) is 11.6 Å². The van der Waals surface area contributed by atoms with Gasteiger partial charge < -0.3 is 24.4 Å². The zero-order valence-corrected chi connectivity index (χ0v) is 23.3. The lowest BCUT2D eigenvalue weighted by atomic mass is 10.0. The highest BCUT2D eigenvalue weighted by Gasteiger charge is 2.34. The normalized spacial score (nSPS) is 18.7. The first kappa shape index (κ1) is 28.8. The van der Waals surface area contributed by atoms with E-state index in [1.54, 1.807) is 18.2 Å². The largest absolute Gasteiger partial charge is 0.493 e. The minimum absolute atomic E-state index is 0.182. The minimum atomic E-state index is -0.635. The van der Waals surface area contributed by atoms with Crippen LogP contribution in [0.5, 0.6) is 17.2 Å². The van der Waals surface area contributed by atoms with Gasteiger partial charge in [-0.25, -0.2) is 8.78 Å². The van der Waals surface area contributed by atoms with Gasteiger partial charge in [-0.15, -0.1) is 0 Å². The molecule has 0 aromatic heterocycles. The summed E-state index contributed by atoms with van der Waals surface area (Å²) in [7, 11) is 4.55. The monoisotopic (exact) mass is 543 g/mol. The van der Waals surface area contributed by atoms with Crippen molar-refractivity contribution in [2.45, 2.75) is 44.7 Å². The van der Waals surface area contributed by atoms with Crippen LogP contribution < -0.4 is 19.5 Å². The average molecular weight is 544 g/mol. The van der Waals surface area contributed by atoms with Crippen LogP contribution >= 0.6 is 0 Å². The van der Waals surface area contributed by atoms with E-state index in [-0.39, 0.29) is 17.5 Å². The fraction of sp³-hybridized carbons (Fsp3) is 0.500. The molecule has 2 saturated heterocycles. The summed E-state index contributed by atoms with van der Waals surface area (Å²) in [5, 5.41) is 3.44. The molecule has 0 radical (unpaired) electrons. The van der Waals surface area contributed by atoms with Gasteiger partial charge >= 0.3 is 0 Å². The summed E-state index contributed by atoms with van der Waals surface area (Å²) in [4.78, 5) is 18.4. The van der Waals surface area contributed by atoms with E-state index in [0.717, 1.165) is 57.0 Å². The molecule has 1 N–H and O–H groups in total. The molecule has 39 heavy (non-hydrogen) atoms. The summed E-state index contributed by atoms with van der Waals surface area (Å²) in [5.74, 6) is -0.223. The summed E-state index contributed by atoms with van der Waals surface area (Å²) in [6.07, 6.45) is 5.97. The van der Waals surface area contributed by atoms with Crippen molar-refractivity contribution in [2.75, 3.05) is 54.1 Å². The molecular weight excluding hydrogens is 504 g/mol. The highest BCUT2D eigenvalue weighted by Crippen LogP contribution is 2.38. The van der Waals surface area contributed by atoms with Crippen LogP contribution in [-0.4, -0.2) is 81.8 Å². The number of ether oxygens (including phenoxy) is 3. The Balaban J connectivity index is 1.64. The van der Waals surface area contributed by atoms with Crippen molar-refractivity contribution in [3.05, 3.63) is 58.7 Å². The fourth-order valence-electron chi connectivity index (χ4n) is 5.76. The van der Waals surface area contributed by atoms with Gasteiger partial charge in [0.1, 0.15) is 11.6 Å². The summed E-state index contributed by atoms with van der Waals surface area (Å²) in [6.45, 7) is 5.73. The molecule has 0 bridgehead atoms. The molecule has 1 amide bonds. The van der Waals surface area contributed by atoms with Gasteiger partial charge in [-0.3, -0.25) is 9.69 Å². The number of nitrogens with one attached hydrogen (secondary N) is 1. The maximum Gasteiger partial charge on any atom is 0.254 e. The number of amides is 1. The van der Waals surface area contributed by atoms with Crippen LogP contribution in [0.1, 0.15) is 48.5 Å². The minimum Gasteiger partial charge on any atom is -0.493 e. The Morgan fingerprint density at radius 1 is 1.05 bits per heavy atom. The predicted octanol–water partition coefficient (Wildman–Crippen LogP) is 4.75. The summed E-state index contributed by atoms with van der Waals surface area (Å²) < 4.78 is 44.2. The summed E-state index contributed by atoms with van der Waals surface area (Å²) in [5.41, 5.74) is 1.48. The first-order valence-electron chi connectivity index (χ1n) is 13.5. The highest BCUT2D eigenvalue weighted by atomic mass is 19.1. The van der Waals surface area contributed by atoms with E-state index in [1.165, 1.54) is 33.5 Å². The molecule has 0 spiro atoms. The molecule has 4 rings (SSSR count). The van der Waals surface area contributed by atoms with Crippen LogP contribution in [0.2, 0.25) is 0 Å². The van der Waals surface area contributed by atoms with E-state index >= 15 is 0 Å². The van der Waals surface area contributed by atoms with E-state index in [2.05, 4.69) is 10.2 Å². The van der Waals surface area contributed by atoms with Crippen LogP contribution in [0.25, 0.3) is 6.08 Å². The maximum atomic E-state index is 14.4. The second kappa shape index (κ2) is 13.3. The van der Waals surface area contributed by atoms with E-state index in [4.69, 9.17) is 14.2 Å². The number of likely N-dealkylation sites (tertiary alicyclic amines) is 1. The molecule has 7 nitrogen and oxygen atoms in total. The Bertz CT molecular complexity index is 1160. The summed E-state index contributed by atoms with van der Waals surface area (Å²) >= 11 is 0. The zero-order valence-electron chi connectivity index (χ0n) is 23.3. The Morgan fingerprint density at radius 3 is 2.36 bits per heavy atom. The van der Waals surface area contributed by atoms with E-state index in [0.29, 0.717) is 41.9 Å². The Labute approximate surface area is 229 Å². The lowest BCUT2D eigenvalue weighted by Crippen LogP contribution is -2.50. The number of hydrogen-bond acceptors (Lipinski definition) is 6. The number of benzene rings is 2. The molecule has 212 valence electrons. The van der Waals surface area contributed by atoms with Crippen LogP contribution in [-0.2, 0) is 0 Å². The van der Waals surface area contributed by atoms with Gasteiger partial charge in [-0.05, 0) is 76.5 Å². The van der Waals surface area contributed by atoms with E-state index < -0.39 is 11.6 Å². The lowest BCUT2D eigenvalue weighted by Gasteiger charge is -2.38. The van der Waals surface area contributed by atoms with Gasteiger partial charge in [-0.2, -0.15) is 0 Å². The lowest BCUT2D eigenvalue weighted by molar-refractivity contribution is 0.0676. The standard InChI is InChI=1S/C30H39F2N3O4/c1-20(14-21-7-8-23(31)17-26(21)32)18-34(19-25-6-5-13-35(25)24-9-11-33-12-10-24)30(36)22-15-27(37-2)29(39-4)28(16-22)38-3/h7-8,14-17,24-25,33H,5-6,9-13,18-19H2,1-4H3/t25-/m1/s1. The number of piperidine rings is 1. The van der Waals surface area contributed by atoms with Crippen molar-refractivity contribution in [3.8, 4) is 17.2 Å². The highest BCUT2D eigenvalue weighted by molar-refractivity contribution is 5.96. The molecule has 2 heterocycles. The number of rotatable bonds is 10. The maximum absolute atomic E-state index is 14.4. The fourth-order valence-corrected chi connectivity index (χ4v) is 5.76. The number of carbonyl (C=O) groups is 1. The molecule has 1 atom stereocenters. The zero-order chi connectivity index (χ0) is 27.9. The predicted molar refractivity (Wildman–Crippen MR) is 148 cm³/mol. The molecule has 9 heteroatoms. The smallest absolute Gasteiger partial charge is 0.254 e. The van der Waals surface area contributed by atoms with E-state index in [9.17, 15) is 13.6 Å². The Hall–Kier alpha value is -3.17. The molecule has 2 aromatic rings. The van der Waals surface area contributed by atoms with E-state index in [1.807, 2.05) is 11.8 Å². The molecule has 0 aliphatic carbocycles. The third-order valence-electron chi connectivity index (χ3n) is 7.64. The van der Waals surface area contributed by atoms with Crippen LogP contribution in [0.15, 0.2) is 35.9 Å². The number of methoxy groups -OCH3 is 3. The third kappa shape index (κ3) is 6.89. The Kier molecular flexibility index (Phi) is 9.80. The molecule has 0 saturated carbocycles. The molecule has 0 unspecified atom stereocenters. The molecule has 2 aromatic carbocycles. The van der Waals surface area contributed by atoms with Gasteiger partial charge in [0.15, 0.2) is 11.5 Å². The third-order valence-corrected chi connectivity index (χ3v) is 7.64. The van der Waals surface area contributed by atoms with Crippen LogP contribution in [0.4, 0.5) is 8.78 Å². The first-order valence-corrected chi connectivity index (χ1v) is 13.5. The molecule has 2 aliphatic rings. The van der Waals surface area contributed by atoms with Crippen LogP contribution in [0.3, 0.4) is 0 Å². The van der Waals surface area contributed by atoms with Gasteiger partial charge in [0.2, 0.25) is 5.75 Å².